The molecule has 0 aromatic heterocycles. The number of nitrogens with two attached hydrogens (primary N) is 1. The highest BCUT2D eigenvalue weighted by molar-refractivity contribution is 5.80. The molecule has 0 spiro atoms. The molecule has 5 heteroatoms. The molecule has 0 saturated carbocycles. The maximum atomic E-state index is 11.2. The van der Waals surface area contributed by atoms with Crippen molar-refractivity contribution in [2.24, 2.45) is 10.7 Å². The van der Waals surface area contributed by atoms with Gasteiger partial charge in [-0.05, 0) is 25.7 Å². The Kier molecular flexibility index (Phi) is 17.0. The van der Waals surface area contributed by atoms with Gasteiger partial charge in [-0.25, -0.2) is 9.48 Å². The van der Waals surface area contributed by atoms with Gasteiger partial charge in [0.15, 0.2) is 0 Å². The summed E-state index contributed by atoms with van der Waals surface area (Å²) in [5.74, 6) is -0.125. The molecule has 0 aromatic carbocycles. The number of hydrogen-bond donors (Lipinski definition) is 1. The topological polar surface area (TPSA) is 78.5 Å². The summed E-state index contributed by atoms with van der Waals surface area (Å²) in [5, 5.41) is 11.2. The number of carboxylic acids is 1. The number of rotatable bonds is 22. The zero-order valence-corrected chi connectivity index (χ0v) is 20.7. The van der Waals surface area contributed by atoms with Gasteiger partial charge >= 0.3 is 0 Å². The minimum absolute atomic E-state index is 0.0668. The van der Waals surface area contributed by atoms with Gasteiger partial charge in [-0.2, -0.15) is 0 Å². The number of quaternary nitrogens is 1. The number of allylic oxidation sites excluding steroid dienone is 2. The van der Waals surface area contributed by atoms with Crippen molar-refractivity contribution < 1.29 is 14.4 Å². The highest BCUT2D eigenvalue weighted by Gasteiger charge is 2.34. The number of carbonyl (C=O) groups excluding carboxylic acids is 1. The second kappa shape index (κ2) is 19.0. The maximum absolute atomic E-state index is 11.2. The fourth-order valence-electron chi connectivity index (χ4n) is 4.49. The summed E-state index contributed by atoms with van der Waals surface area (Å²) in [5.41, 5.74) is 5.71. The lowest BCUT2D eigenvalue weighted by atomic mass is 10.0. The molecular weight excluding hydrogens is 398 g/mol. The number of amidine groups is 1. The molecule has 1 rings (SSSR count). The monoisotopic (exact) mass is 447 g/mol. The summed E-state index contributed by atoms with van der Waals surface area (Å²) in [6.07, 6.45) is 30.1. The van der Waals surface area contributed by atoms with E-state index in [0.29, 0.717) is 13.1 Å². The van der Waals surface area contributed by atoms with Crippen LogP contribution in [-0.2, 0) is 4.79 Å². The molecule has 0 aromatic rings. The zero-order chi connectivity index (χ0) is 23.3. The van der Waals surface area contributed by atoms with E-state index in [0.717, 1.165) is 18.7 Å². The van der Waals surface area contributed by atoms with Crippen LogP contribution in [0.2, 0.25) is 0 Å². The Balaban J connectivity index is 1.93. The van der Waals surface area contributed by atoms with Crippen LogP contribution >= 0.6 is 0 Å². The molecule has 0 bridgehead atoms. The van der Waals surface area contributed by atoms with Gasteiger partial charge in [0.05, 0.1) is 12.2 Å². The molecule has 32 heavy (non-hydrogen) atoms. The summed E-state index contributed by atoms with van der Waals surface area (Å²) in [7, 11) is 0. The molecule has 1 heterocycles. The third-order valence-corrected chi connectivity index (χ3v) is 6.44. The zero-order valence-electron chi connectivity index (χ0n) is 20.7. The van der Waals surface area contributed by atoms with Crippen LogP contribution in [0.5, 0.6) is 0 Å². The molecule has 0 fully saturated rings. The number of aliphatic imine (C=N–C) groups is 1. The third-order valence-electron chi connectivity index (χ3n) is 6.44. The highest BCUT2D eigenvalue weighted by Crippen LogP contribution is 2.21. The first-order valence-corrected chi connectivity index (χ1v) is 13.3. The van der Waals surface area contributed by atoms with Crippen molar-refractivity contribution in [2.75, 3.05) is 19.6 Å². The van der Waals surface area contributed by atoms with E-state index >= 15 is 0 Å². The SMILES string of the molecule is CCCC/C=C/CCCCCCCCCCCCCCC1=NC=C[N+]1(CCN)CC(=O)[O-]. The van der Waals surface area contributed by atoms with Crippen molar-refractivity contribution in [3.05, 3.63) is 24.6 Å². The van der Waals surface area contributed by atoms with Crippen LogP contribution in [0, 0.1) is 0 Å². The van der Waals surface area contributed by atoms with Crippen LogP contribution in [0.1, 0.15) is 116 Å². The predicted molar refractivity (Wildman–Crippen MR) is 134 cm³/mol. The van der Waals surface area contributed by atoms with Gasteiger partial charge < -0.3 is 15.6 Å². The Morgan fingerprint density at radius 3 is 1.97 bits per heavy atom. The quantitative estimate of drug-likeness (QED) is 0.133. The Labute approximate surface area is 197 Å². The Bertz CT molecular complexity index is 571. The average Bonchev–Trinajstić information content (AvgIpc) is 3.14. The summed E-state index contributed by atoms with van der Waals surface area (Å²) in [6, 6.07) is 0. The van der Waals surface area contributed by atoms with Crippen LogP contribution in [-0.4, -0.2) is 35.9 Å². The summed E-state index contributed by atoms with van der Waals surface area (Å²) in [4.78, 5) is 15.6. The Hall–Kier alpha value is -1.46. The second-order valence-electron chi connectivity index (χ2n) is 9.31. The van der Waals surface area contributed by atoms with E-state index in [1.807, 2.05) is 6.20 Å². The van der Waals surface area contributed by atoms with Crippen molar-refractivity contribution in [1.29, 1.82) is 0 Å². The van der Waals surface area contributed by atoms with Crippen LogP contribution in [0.4, 0.5) is 0 Å². The lowest BCUT2D eigenvalue weighted by Gasteiger charge is -2.32. The van der Waals surface area contributed by atoms with Gasteiger partial charge in [0.2, 0.25) is 5.84 Å². The average molecular weight is 448 g/mol. The van der Waals surface area contributed by atoms with Crippen molar-refractivity contribution >= 4 is 11.8 Å². The van der Waals surface area contributed by atoms with E-state index < -0.39 is 5.97 Å². The van der Waals surface area contributed by atoms with Crippen LogP contribution in [0.15, 0.2) is 29.5 Å². The predicted octanol–water partition coefficient (Wildman–Crippen LogP) is 5.60. The van der Waals surface area contributed by atoms with E-state index in [1.165, 1.54) is 96.3 Å². The lowest BCUT2D eigenvalue weighted by Crippen LogP contribution is -2.55. The van der Waals surface area contributed by atoms with Crippen molar-refractivity contribution in [3.63, 3.8) is 0 Å². The van der Waals surface area contributed by atoms with E-state index in [4.69, 9.17) is 5.73 Å². The first kappa shape index (κ1) is 28.6. The molecule has 1 unspecified atom stereocenters. The van der Waals surface area contributed by atoms with E-state index in [9.17, 15) is 9.90 Å². The van der Waals surface area contributed by atoms with Gasteiger partial charge in [0.25, 0.3) is 0 Å². The van der Waals surface area contributed by atoms with Crippen LogP contribution < -0.4 is 10.8 Å². The number of carbonyl (C=O) groups is 1. The molecule has 184 valence electrons. The molecular formula is C27H49N3O2. The second-order valence-corrected chi connectivity index (χ2v) is 9.31. The van der Waals surface area contributed by atoms with Gasteiger partial charge in [0.1, 0.15) is 19.3 Å². The standard InChI is InChI=1S/C27H49N3O2/c1-2-3-4-5-6-7-8-9-10-11-12-13-14-15-16-17-18-19-20-26-29-22-24-30(26,23-21-28)25-27(31)32/h5-6,22,24H,2-4,7-21,23,25,28H2,1H3/b6-5+. The van der Waals surface area contributed by atoms with Gasteiger partial charge in [-0.1, -0.05) is 96.1 Å². The molecule has 1 atom stereocenters. The smallest absolute Gasteiger partial charge is 0.207 e. The lowest BCUT2D eigenvalue weighted by molar-refractivity contribution is -0.780. The molecule has 1 aliphatic rings. The summed E-state index contributed by atoms with van der Waals surface area (Å²) < 4.78 is 0.245. The largest absolute Gasteiger partial charge is 0.544 e. The van der Waals surface area contributed by atoms with Crippen molar-refractivity contribution in [1.82, 2.24) is 0 Å². The van der Waals surface area contributed by atoms with Crippen LogP contribution in [0.25, 0.3) is 0 Å². The summed E-state index contributed by atoms with van der Waals surface area (Å²) in [6.45, 7) is 3.19. The number of hydrogen-bond acceptors (Lipinski definition) is 4. The number of aliphatic carboxylic acids is 1. The van der Waals surface area contributed by atoms with Crippen molar-refractivity contribution in [3.8, 4) is 0 Å². The number of nitrogens with zero attached hydrogens (tertiary/aromatic N) is 2. The first-order valence-electron chi connectivity index (χ1n) is 13.3. The molecule has 0 aliphatic carbocycles. The molecule has 1 aliphatic heterocycles. The Morgan fingerprint density at radius 2 is 1.44 bits per heavy atom. The molecule has 0 saturated heterocycles. The first-order chi connectivity index (χ1) is 15.6. The van der Waals surface area contributed by atoms with E-state index in [-0.39, 0.29) is 11.0 Å². The highest BCUT2D eigenvalue weighted by atomic mass is 16.4. The van der Waals surface area contributed by atoms with Crippen molar-refractivity contribution in [2.45, 2.75) is 116 Å². The minimum Gasteiger partial charge on any atom is -0.544 e. The fraction of sp³-hybridized carbons (Fsp3) is 0.778. The van der Waals surface area contributed by atoms with E-state index in [1.54, 1.807) is 6.20 Å². The summed E-state index contributed by atoms with van der Waals surface area (Å²) >= 11 is 0. The fourth-order valence-corrected chi connectivity index (χ4v) is 4.49. The number of unbranched alkanes of at least 4 members (excludes halogenated alkanes) is 14. The van der Waals surface area contributed by atoms with Gasteiger partial charge in [-0.15, -0.1) is 0 Å². The van der Waals surface area contributed by atoms with E-state index in [2.05, 4.69) is 24.1 Å². The normalized spacial score (nSPS) is 18.0. The molecule has 0 amide bonds. The molecule has 5 nitrogen and oxygen atoms in total. The van der Waals surface area contributed by atoms with Crippen LogP contribution in [0.3, 0.4) is 0 Å². The minimum atomic E-state index is -1.05. The Morgan fingerprint density at radius 1 is 0.906 bits per heavy atom. The molecule has 0 radical (unpaired) electrons. The van der Waals surface area contributed by atoms with Gasteiger partial charge in [0, 0.05) is 13.0 Å². The number of carboxylic acid groups (broad SMARTS) is 1. The third kappa shape index (κ3) is 13.2. The molecule has 2 N–H and O–H groups in total. The maximum Gasteiger partial charge on any atom is 0.207 e. The van der Waals surface area contributed by atoms with Gasteiger partial charge in [-0.3, -0.25) is 0 Å².